The van der Waals surface area contributed by atoms with Crippen molar-refractivity contribution in [1.29, 1.82) is 0 Å². The highest BCUT2D eigenvalue weighted by Crippen LogP contribution is 2.39. The van der Waals surface area contributed by atoms with Crippen molar-refractivity contribution in [2.75, 3.05) is 17.2 Å². The summed E-state index contributed by atoms with van der Waals surface area (Å²) in [5.74, 6) is 0.253. The predicted octanol–water partition coefficient (Wildman–Crippen LogP) is 3.04. The lowest BCUT2D eigenvalue weighted by atomic mass is 10.2. The molecule has 0 aliphatic heterocycles. The lowest BCUT2D eigenvalue weighted by molar-refractivity contribution is 0.281. The number of aromatic nitrogens is 2. The van der Waals surface area contributed by atoms with Gasteiger partial charge in [-0.2, -0.15) is 4.98 Å². The molecule has 1 heterocycles. The third-order valence-corrected chi connectivity index (χ3v) is 3.79. The number of nitrogens with one attached hydrogen (secondary N) is 2. The Balaban J connectivity index is 1.76. The van der Waals surface area contributed by atoms with E-state index in [1.165, 1.54) is 12.1 Å². The molecule has 0 unspecified atom stereocenters. The molecular weight excluding hydrogens is 314 g/mol. The summed E-state index contributed by atoms with van der Waals surface area (Å²) in [7, 11) is 0. The van der Waals surface area contributed by atoms with E-state index in [9.17, 15) is 8.78 Å². The summed E-state index contributed by atoms with van der Waals surface area (Å²) in [6.07, 6.45) is 2.20. The van der Waals surface area contributed by atoms with E-state index in [1.807, 2.05) is 13.0 Å². The van der Waals surface area contributed by atoms with Gasteiger partial charge in [-0.05, 0) is 37.5 Å². The molecule has 0 spiro atoms. The standard InChI is InChI=1S/C17H20F2N4O/c1-10(9-24)21-17-22-15(12-2-3-12)7-16(23-17)20-8-11-4-13(18)6-14(19)5-11/h4-7,10,12,24H,2-3,8-9H2,1H3,(H2,20,21,22,23)/t10-/m1/s1. The highest BCUT2D eigenvalue weighted by Gasteiger charge is 2.26. The second-order valence-corrected chi connectivity index (χ2v) is 6.14. The minimum Gasteiger partial charge on any atom is -0.394 e. The molecule has 1 atom stereocenters. The van der Waals surface area contributed by atoms with Crippen LogP contribution < -0.4 is 10.6 Å². The fourth-order valence-electron chi connectivity index (χ4n) is 2.38. The lowest BCUT2D eigenvalue weighted by Gasteiger charge is -2.14. The lowest BCUT2D eigenvalue weighted by Crippen LogP contribution is -2.21. The van der Waals surface area contributed by atoms with Crippen LogP contribution in [0.25, 0.3) is 0 Å². The van der Waals surface area contributed by atoms with Crippen molar-refractivity contribution in [2.45, 2.75) is 38.3 Å². The number of hydrogen-bond acceptors (Lipinski definition) is 5. The van der Waals surface area contributed by atoms with Crippen molar-refractivity contribution in [3.8, 4) is 0 Å². The van der Waals surface area contributed by atoms with E-state index in [2.05, 4.69) is 20.6 Å². The van der Waals surface area contributed by atoms with Crippen molar-refractivity contribution in [3.05, 3.63) is 47.2 Å². The van der Waals surface area contributed by atoms with E-state index in [1.54, 1.807) is 0 Å². The molecule has 3 rings (SSSR count). The monoisotopic (exact) mass is 334 g/mol. The van der Waals surface area contributed by atoms with Crippen LogP contribution in [-0.2, 0) is 6.54 Å². The average Bonchev–Trinajstić information content (AvgIpc) is 3.36. The summed E-state index contributed by atoms with van der Waals surface area (Å²) in [5, 5.41) is 15.3. The highest BCUT2D eigenvalue weighted by atomic mass is 19.1. The second-order valence-electron chi connectivity index (χ2n) is 6.14. The molecule has 1 saturated carbocycles. The number of benzene rings is 1. The predicted molar refractivity (Wildman–Crippen MR) is 87.9 cm³/mol. The van der Waals surface area contributed by atoms with Gasteiger partial charge in [0.05, 0.1) is 12.3 Å². The van der Waals surface area contributed by atoms with Gasteiger partial charge < -0.3 is 15.7 Å². The molecule has 1 aliphatic rings. The Labute approximate surface area is 139 Å². The molecule has 5 nitrogen and oxygen atoms in total. The Bertz CT molecular complexity index is 701. The van der Waals surface area contributed by atoms with E-state index >= 15 is 0 Å². The summed E-state index contributed by atoms with van der Waals surface area (Å²) in [6.45, 7) is 2.06. The Morgan fingerprint density at radius 3 is 2.50 bits per heavy atom. The Morgan fingerprint density at radius 2 is 1.88 bits per heavy atom. The molecule has 1 aliphatic carbocycles. The molecule has 3 N–H and O–H groups in total. The first kappa shape index (κ1) is 16.6. The number of aliphatic hydroxyl groups is 1. The van der Waals surface area contributed by atoms with Crippen molar-refractivity contribution >= 4 is 11.8 Å². The van der Waals surface area contributed by atoms with Crippen LogP contribution in [0.4, 0.5) is 20.5 Å². The molecule has 24 heavy (non-hydrogen) atoms. The molecule has 7 heteroatoms. The van der Waals surface area contributed by atoms with Crippen molar-refractivity contribution in [2.24, 2.45) is 0 Å². The summed E-state index contributed by atoms with van der Waals surface area (Å²) in [4.78, 5) is 8.83. The van der Waals surface area contributed by atoms with Gasteiger partial charge in [0.2, 0.25) is 5.95 Å². The van der Waals surface area contributed by atoms with Crippen LogP contribution >= 0.6 is 0 Å². The zero-order chi connectivity index (χ0) is 17.1. The Kier molecular flexibility index (Phi) is 4.89. The zero-order valence-electron chi connectivity index (χ0n) is 13.4. The van der Waals surface area contributed by atoms with Crippen LogP contribution in [0.2, 0.25) is 0 Å². The van der Waals surface area contributed by atoms with E-state index in [4.69, 9.17) is 5.11 Å². The van der Waals surface area contributed by atoms with Gasteiger partial charge in [0.15, 0.2) is 0 Å². The van der Waals surface area contributed by atoms with E-state index < -0.39 is 11.6 Å². The number of halogens is 2. The largest absolute Gasteiger partial charge is 0.394 e. The molecule has 1 fully saturated rings. The van der Waals surface area contributed by atoms with Crippen LogP contribution in [-0.4, -0.2) is 27.7 Å². The molecule has 0 bridgehead atoms. The maximum absolute atomic E-state index is 13.3. The Hall–Kier alpha value is -2.28. The number of anilines is 2. The van der Waals surface area contributed by atoms with Gasteiger partial charge in [0, 0.05) is 30.6 Å². The third kappa shape index (κ3) is 4.38. The maximum Gasteiger partial charge on any atom is 0.225 e. The van der Waals surface area contributed by atoms with Gasteiger partial charge >= 0.3 is 0 Å². The van der Waals surface area contributed by atoms with Gasteiger partial charge in [0.25, 0.3) is 0 Å². The first-order valence-corrected chi connectivity index (χ1v) is 7.98. The first-order valence-electron chi connectivity index (χ1n) is 7.98. The molecule has 2 aromatic rings. The Morgan fingerprint density at radius 1 is 1.17 bits per heavy atom. The SMILES string of the molecule is C[C@H](CO)Nc1nc(NCc2cc(F)cc(F)c2)cc(C2CC2)n1. The van der Waals surface area contributed by atoms with Crippen molar-refractivity contribution < 1.29 is 13.9 Å². The van der Waals surface area contributed by atoms with Crippen LogP contribution in [0, 0.1) is 11.6 Å². The average molecular weight is 334 g/mol. The second kappa shape index (κ2) is 7.09. The third-order valence-electron chi connectivity index (χ3n) is 3.79. The molecule has 1 aromatic carbocycles. The summed E-state index contributed by atoms with van der Waals surface area (Å²) < 4.78 is 26.5. The summed E-state index contributed by atoms with van der Waals surface area (Å²) in [5.41, 5.74) is 1.43. The zero-order valence-corrected chi connectivity index (χ0v) is 13.4. The first-order chi connectivity index (χ1) is 11.5. The van der Waals surface area contributed by atoms with Gasteiger partial charge in [0.1, 0.15) is 17.5 Å². The van der Waals surface area contributed by atoms with Gasteiger partial charge in [-0.15, -0.1) is 0 Å². The maximum atomic E-state index is 13.3. The molecule has 0 amide bonds. The quantitative estimate of drug-likeness (QED) is 0.726. The summed E-state index contributed by atoms with van der Waals surface area (Å²) >= 11 is 0. The molecule has 0 saturated heterocycles. The minimum absolute atomic E-state index is 0.0254. The van der Waals surface area contributed by atoms with Gasteiger partial charge in [-0.3, -0.25) is 0 Å². The highest BCUT2D eigenvalue weighted by molar-refractivity contribution is 5.45. The molecule has 0 radical (unpaired) electrons. The smallest absolute Gasteiger partial charge is 0.225 e. The number of rotatable bonds is 7. The van der Waals surface area contributed by atoms with Crippen LogP contribution in [0.5, 0.6) is 0 Å². The van der Waals surface area contributed by atoms with Gasteiger partial charge in [-0.25, -0.2) is 13.8 Å². The summed E-state index contributed by atoms with van der Waals surface area (Å²) in [6, 6.07) is 5.11. The molecule has 1 aromatic heterocycles. The topological polar surface area (TPSA) is 70.1 Å². The van der Waals surface area contributed by atoms with E-state index in [0.29, 0.717) is 23.2 Å². The molecule has 128 valence electrons. The van der Waals surface area contributed by atoms with Crippen molar-refractivity contribution in [3.63, 3.8) is 0 Å². The molecular formula is C17H20F2N4O. The van der Waals surface area contributed by atoms with Crippen LogP contribution in [0.1, 0.15) is 36.9 Å². The minimum atomic E-state index is -0.604. The number of nitrogens with zero attached hydrogens (tertiary/aromatic N) is 2. The number of hydrogen-bond donors (Lipinski definition) is 3. The van der Waals surface area contributed by atoms with Crippen molar-refractivity contribution in [1.82, 2.24) is 9.97 Å². The fourth-order valence-corrected chi connectivity index (χ4v) is 2.38. The van der Waals surface area contributed by atoms with Crippen LogP contribution in [0.15, 0.2) is 24.3 Å². The number of aliphatic hydroxyl groups excluding tert-OH is 1. The normalized spacial score (nSPS) is 15.2. The fraction of sp³-hybridized carbons (Fsp3) is 0.412. The van der Waals surface area contributed by atoms with Gasteiger partial charge in [-0.1, -0.05) is 0 Å². The van der Waals surface area contributed by atoms with E-state index in [-0.39, 0.29) is 19.2 Å². The van der Waals surface area contributed by atoms with E-state index in [0.717, 1.165) is 24.6 Å². The van der Waals surface area contributed by atoms with Crippen LogP contribution in [0.3, 0.4) is 0 Å².